The first-order chi connectivity index (χ1) is 9.24. The molecular weight excluding hydrogens is 256 g/mol. The molecule has 0 rings (SSSR count). The van der Waals surface area contributed by atoms with Gasteiger partial charge in [-0.2, -0.15) is 0 Å². The van der Waals surface area contributed by atoms with Crippen molar-refractivity contribution in [1.82, 2.24) is 0 Å². The SMILES string of the molecule is CC.CC.CC.CC.CCCC[Si](OC)(OC)OC. The molecule has 19 heavy (non-hydrogen) atoms. The molecule has 0 spiro atoms. The molecule has 0 fully saturated rings. The molecule has 0 aliphatic heterocycles. The maximum Gasteiger partial charge on any atom is 0.500 e. The summed E-state index contributed by atoms with van der Waals surface area (Å²) < 4.78 is 15.7. The molecule has 0 saturated carbocycles. The second-order valence-electron chi connectivity index (χ2n) is 2.40. The molecule has 0 aromatic rings. The Morgan fingerprint density at radius 2 is 0.895 bits per heavy atom. The van der Waals surface area contributed by atoms with Crippen LogP contribution < -0.4 is 0 Å². The zero-order valence-corrected chi connectivity index (χ0v) is 16.8. The Morgan fingerprint density at radius 1 is 0.632 bits per heavy atom. The van der Waals surface area contributed by atoms with Crippen LogP contribution in [0.1, 0.15) is 75.2 Å². The lowest BCUT2D eigenvalue weighted by molar-refractivity contribution is 0.123. The van der Waals surface area contributed by atoms with Crippen molar-refractivity contribution in [2.24, 2.45) is 0 Å². The monoisotopic (exact) mass is 298 g/mol. The van der Waals surface area contributed by atoms with Crippen LogP contribution in [-0.4, -0.2) is 30.1 Å². The minimum atomic E-state index is -2.24. The van der Waals surface area contributed by atoms with Crippen molar-refractivity contribution in [3.63, 3.8) is 0 Å². The Hall–Kier alpha value is 0.0969. The van der Waals surface area contributed by atoms with Gasteiger partial charge in [0.05, 0.1) is 0 Å². The maximum atomic E-state index is 5.23. The van der Waals surface area contributed by atoms with Crippen LogP contribution in [0.15, 0.2) is 0 Å². The predicted molar refractivity (Wildman–Crippen MR) is 91.9 cm³/mol. The van der Waals surface area contributed by atoms with Crippen LogP contribution >= 0.6 is 0 Å². The van der Waals surface area contributed by atoms with Crippen LogP contribution in [0.3, 0.4) is 0 Å². The lowest BCUT2D eigenvalue weighted by Crippen LogP contribution is -2.42. The van der Waals surface area contributed by atoms with Gasteiger partial charge in [-0.3, -0.25) is 0 Å². The van der Waals surface area contributed by atoms with E-state index in [1.807, 2.05) is 55.4 Å². The van der Waals surface area contributed by atoms with Crippen molar-refractivity contribution in [2.75, 3.05) is 21.3 Å². The molecule has 0 unspecified atom stereocenters. The average Bonchev–Trinajstić information content (AvgIpc) is 2.57. The first kappa shape index (κ1) is 31.5. The summed E-state index contributed by atoms with van der Waals surface area (Å²) in [5, 5.41) is 0. The van der Waals surface area contributed by atoms with Crippen molar-refractivity contribution in [3.8, 4) is 0 Å². The van der Waals surface area contributed by atoms with Gasteiger partial charge in [0, 0.05) is 27.4 Å². The molecule has 0 atom stereocenters. The summed E-state index contributed by atoms with van der Waals surface area (Å²) in [6, 6.07) is 0.910. The van der Waals surface area contributed by atoms with E-state index in [1.54, 1.807) is 21.3 Å². The van der Waals surface area contributed by atoms with Gasteiger partial charge >= 0.3 is 8.80 Å². The standard InChI is InChI=1S/C7H18O3Si.4C2H6/c1-5-6-7-11(8-2,9-3)10-4;4*1-2/h5-7H2,1-4H3;4*1-2H3. The molecule has 0 aliphatic carbocycles. The molecule has 0 saturated heterocycles. The van der Waals surface area contributed by atoms with Crippen LogP contribution in [0, 0.1) is 0 Å². The van der Waals surface area contributed by atoms with Crippen molar-refractivity contribution < 1.29 is 13.3 Å². The van der Waals surface area contributed by atoms with Gasteiger partial charge in [0.1, 0.15) is 0 Å². The Balaban J connectivity index is -0.0000000693. The van der Waals surface area contributed by atoms with Crippen LogP contribution in [0.2, 0.25) is 6.04 Å². The van der Waals surface area contributed by atoms with Gasteiger partial charge in [0.15, 0.2) is 0 Å². The second kappa shape index (κ2) is 36.1. The van der Waals surface area contributed by atoms with E-state index in [1.165, 1.54) is 0 Å². The lowest BCUT2D eigenvalue weighted by atomic mass is 10.4. The van der Waals surface area contributed by atoms with E-state index in [4.69, 9.17) is 13.3 Å². The summed E-state index contributed by atoms with van der Waals surface area (Å²) in [5.41, 5.74) is 0. The molecule has 124 valence electrons. The quantitative estimate of drug-likeness (QED) is 0.583. The van der Waals surface area contributed by atoms with Gasteiger partial charge in [-0.1, -0.05) is 68.7 Å². The number of hydrogen-bond acceptors (Lipinski definition) is 3. The number of unbranched alkanes of at least 4 members (excludes halogenated alkanes) is 1. The molecule has 0 aromatic heterocycles. The van der Waals surface area contributed by atoms with Gasteiger partial charge < -0.3 is 13.3 Å². The second-order valence-corrected chi connectivity index (χ2v) is 5.49. The van der Waals surface area contributed by atoms with Crippen LogP contribution in [-0.2, 0) is 13.3 Å². The minimum Gasteiger partial charge on any atom is -0.377 e. The van der Waals surface area contributed by atoms with Gasteiger partial charge in [-0.05, 0) is 6.42 Å². The average molecular weight is 299 g/mol. The highest BCUT2D eigenvalue weighted by molar-refractivity contribution is 6.60. The third kappa shape index (κ3) is 23.6. The van der Waals surface area contributed by atoms with E-state index in [9.17, 15) is 0 Å². The van der Waals surface area contributed by atoms with E-state index >= 15 is 0 Å². The molecule has 4 heteroatoms. The molecule has 0 bridgehead atoms. The fourth-order valence-corrected chi connectivity index (χ4v) is 2.85. The molecule has 0 heterocycles. The fraction of sp³-hybridized carbons (Fsp3) is 1.00. The summed E-state index contributed by atoms with van der Waals surface area (Å²) in [4.78, 5) is 0. The summed E-state index contributed by atoms with van der Waals surface area (Å²) in [6.07, 6.45) is 2.24. The largest absolute Gasteiger partial charge is 0.500 e. The molecular formula is C15H42O3Si. The Bertz CT molecular complexity index is 89.1. The van der Waals surface area contributed by atoms with Gasteiger partial charge in [-0.25, -0.2) is 0 Å². The molecule has 3 nitrogen and oxygen atoms in total. The van der Waals surface area contributed by atoms with Gasteiger partial charge in [-0.15, -0.1) is 0 Å². The van der Waals surface area contributed by atoms with E-state index in [2.05, 4.69) is 6.92 Å². The van der Waals surface area contributed by atoms with E-state index in [0.717, 1.165) is 18.9 Å². The summed E-state index contributed by atoms with van der Waals surface area (Å²) >= 11 is 0. The number of hydrogen-bond donors (Lipinski definition) is 0. The Kier molecular flexibility index (Phi) is 59.9. The summed E-state index contributed by atoms with van der Waals surface area (Å²) in [7, 11) is 2.70. The van der Waals surface area contributed by atoms with Crippen LogP contribution in [0.4, 0.5) is 0 Å². The number of rotatable bonds is 6. The maximum absolute atomic E-state index is 5.23. The van der Waals surface area contributed by atoms with Crippen molar-refractivity contribution in [3.05, 3.63) is 0 Å². The van der Waals surface area contributed by atoms with Crippen LogP contribution in [0.5, 0.6) is 0 Å². The lowest BCUT2D eigenvalue weighted by Gasteiger charge is -2.23. The highest BCUT2D eigenvalue weighted by Crippen LogP contribution is 2.15. The van der Waals surface area contributed by atoms with Gasteiger partial charge in [0.25, 0.3) is 0 Å². The fourth-order valence-electron chi connectivity index (χ4n) is 0.949. The first-order valence-corrected chi connectivity index (χ1v) is 9.83. The molecule has 0 radical (unpaired) electrons. The zero-order chi connectivity index (χ0) is 16.7. The molecule has 0 aliphatic rings. The first-order valence-electron chi connectivity index (χ1n) is 7.90. The van der Waals surface area contributed by atoms with E-state index in [0.29, 0.717) is 0 Å². The third-order valence-electron chi connectivity index (χ3n) is 1.77. The van der Waals surface area contributed by atoms with Crippen molar-refractivity contribution in [1.29, 1.82) is 0 Å². The van der Waals surface area contributed by atoms with E-state index < -0.39 is 8.80 Å². The van der Waals surface area contributed by atoms with Crippen molar-refractivity contribution in [2.45, 2.75) is 81.2 Å². The van der Waals surface area contributed by atoms with Crippen LogP contribution in [0.25, 0.3) is 0 Å². The van der Waals surface area contributed by atoms with Gasteiger partial charge in [0.2, 0.25) is 0 Å². The Labute approximate surface area is 125 Å². The van der Waals surface area contributed by atoms with E-state index in [-0.39, 0.29) is 0 Å². The predicted octanol–water partition coefficient (Wildman–Crippen LogP) is 5.77. The summed E-state index contributed by atoms with van der Waals surface area (Å²) in [5.74, 6) is 0. The highest BCUT2D eigenvalue weighted by atomic mass is 28.4. The molecule has 0 aromatic carbocycles. The summed E-state index contributed by atoms with van der Waals surface area (Å²) in [6.45, 7) is 18.1. The highest BCUT2D eigenvalue weighted by Gasteiger charge is 2.36. The van der Waals surface area contributed by atoms with Crippen molar-refractivity contribution >= 4 is 8.80 Å². The topological polar surface area (TPSA) is 27.7 Å². The Morgan fingerprint density at radius 3 is 1.05 bits per heavy atom. The smallest absolute Gasteiger partial charge is 0.377 e. The zero-order valence-electron chi connectivity index (χ0n) is 15.8. The minimum absolute atomic E-state index is 0.910. The normalized spacial score (nSPS) is 8.21. The third-order valence-corrected chi connectivity index (χ3v) is 4.60. The molecule has 0 N–H and O–H groups in total. The molecule has 0 amide bonds.